The van der Waals surface area contributed by atoms with Gasteiger partial charge in [-0.2, -0.15) is 4.31 Å². The molecule has 1 fully saturated rings. The molecule has 0 radical (unpaired) electrons. The highest BCUT2D eigenvalue weighted by molar-refractivity contribution is 7.89. The Bertz CT molecular complexity index is 626. The molecule has 1 saturated heterocycles. The van der Waals surface area contributed by atoms with Crippen molar-refractivity contribution in [2.45, 2.75) is 38.7 Å². The molecule has 112 valence electrons. The van der Waals surface area contributed by atoms with Crippen LogP contribution in [0.4, 0.5) is 0 Å². The number of rotatable bonds is 3. The van der Waals surface area contributed by atoms with Gasteiger partial charge in [0.2, 0.25) is 10.0 Å². The topological polar surface area (TPSA) is 57.6 Å². The number of halogens is 1. The van der Waals surface area contributed by atoms with E-state index in [1.165, 1.54) is 10.4 Å². The van der Waals surface area contributed by atoms with Crippen LogP contribution < -0.4 is 0 Å². The summed E-state index contributed by atoms with van der Waals surface area (Å²) in [6.45, 7) is 6.64. The molecule has 1 aromatic rings. The van der Waals surface area contributed by atoms with E-state index in [0.717, 1.165) is 6.42 Å². The van der Waals surface area contributed by atoms with Gasteiger partial charge in [0.1, 0.15) is 0 Å². The molecule has 0 spiro atoms. The third-order valence-electron chi connectivity index (χ3n) is 3.86. The van der Waals surface area contributed by atoms with Gasteiger partial charge in [-0.1, -0.05) is 25.4 Å². The van der Waals surface area contributed by atoms with Gasteiger partial charge in [-0.25, -0.2) is 8.42 Å². The fourth-order valence-corrected chi connectivity index (χ4v) is 4.78. The van der Waals surface area contributed by atoms with Gasteiger partial charge < -0.3 is 5.11 Å². The summed E-state index contributed by atoms with van der Waals surface area (Å²) < 4.78 is 27.0. The zero-order valence-electron chi connectivity index (χ0n) is 12.0. The lowest BCUT2D eigenvalue weighted by molar-refractivity contribution is 0.280. The van der Waals surface area contributed by atoms with E-state index >= 15 is 0 Å². The molecule has 0 saturated carbocycles. The van der Waals surface area contributed by atoms with E-state index in [1.807, 2.05) is 0 Å². The molecular formula is C14H20ClNO3S. The van der Waals surface area contributed by atoms with Crippen molar-refractivity contribution in [2.24, 2.45) is 5.41 Å². The molecule has 4 nitrogen and oxygen atoms in total. The number of sulfonamides is 1. The van der Waals surface area contributed by atoms with Gasteiger partial charge in [0.25, 0.3) is 0 Å². The number of benzene rings is 1. The van der Waals surface area contributed by atoms with E-state index in [4.69, 9.17) is 11.6 Å². The lowest BCUT2D eigenvalue weighted by Gasteiger charge is -2.21. The summed E-state index contributed by atoms with van der Waals surface area (Å²) in [5.74, 6) is 0. The van der Waals surface area contributed by atoms with Crippen molar-refractivity contribution in [3.05, 3.63) is 28.3 Å². The largest absolute Gasteiger partial charge is 0.392 e. The fraction of sp³-hybridized carbons (Fsp3) is 0.571. The predicted molar refractivity (Wildman–Crippen MR) is 79.3 cm³/mol. The van der Waals surface area contributed by atoms with Crippen molar-refractivity contribution < 1.29 is 13.5 Å². The van der Waals surface area contributed by atoms with E-state index in [2.05, 4.69) is 13.8 Å². The smallest absolute Gasteiger partial charge is 0.243 e. The zero-order chi connectivity index (χ0) is 15.1. The van der Waals surface area contributed by atoms with Crippen molar-refractivity contribution in [1.29, 1.82) is 0 Å². The second-order valence-electron chi connectivity index (χ2n) is 6.10. The SMILES string of the molecule is Cc1c(CO)cc(Cl)cc1S(=O)(=O)N1CCC(C)(C)C1. The van der Waals surface area contributed by atoms with Crippen LogP contribution in [0, 0.1) is 12.3 Å². The molecule has 20 heavy (non-hydrogen) atoms. The number of hydrogen-bond donors (Lipinski definition) is 1. The quantitative estimate of drug-likeness (QED) is 0.932. The molecule has 1 aromatic carbocycles. The van der Waals surface area contributed by atoms with Crippen LogP contribution in [-0.2, 0) is 16.6 Å². The van der Waals surface area contributed by atoms with Crippen LogP contribution in [0.2, 0.25) is 5.02 Å². The summed E-state index contributed by atoms with van der Waals surface area (Å²) in [6, 6.07) is 3.07. The first kappa shape index (κ1) is 15.8. The molecule has 0 bridgehead atoms. The molecule has 1 aliphatic rings. The van der Waals surface area contributed by atoms with E-state index in [-0.39, 0.29) is 16.9 Å². The normalized spacial score (nSPS) is 19.4. The summed E-state index contributed by atoms with van der Waals surface area (Å²) in [7, 11) is -3.56. The van der Waals surface area contributed by atoms with Gasteiger partial charge in [-0.3, -0.25) is 0 Å². The maximum atomic E-state index is 12.7. The molecule has 1 aliphatic heterocycles. The molecule has 0 amide bonds. The van der Waals surface area contributed by atoms with Crippen LogP contribution in [0.15, 0.2) is 17.0 Å². The Balaban J connectivity index is 2.48. The van der Waals surface area contributed by atoms with E-state index in [0.29, 0.717) is 29.2 Å². The minimum absolute atomic E-state index is 0.000637. The Kier molecular flexibility index (Phi) is 4.17. The minimum Gasteiger partial charge on any atom is -0.392 e. The van der Waals surface area contributed by atoms with Crippen LogP contribution in [0.3, 0.4) is 0 Å². The Morgan fingerprint density at radius 3 is 2.55 bits per heavy atom. The lowest BCUT2D eigenvalue weighted by Crippen LogP contribution is -2.31. The number of aliphatic hydroxyl groups excluding tert-OH is 1. The zero-order valence-corrected chi connectivity index (χ0v) is 13.6. The summed E-state index contributed by atoms with van der Waals surface area (Å²) in [4.78, 5) is 0.201. The van der Waals surface area contributed by atoms with Crippen LogP contribution in [0.25, 0.3) is 0 Å². The maximum Gasteiger partial charge on any atom is 0.243 e. The highest BCUT2D eigenvalue weighted by Gasteiger charge is 2.37. The van der Waals surface area contributed by atoms with Crippen LogP contribution >= 0.6 is 11.6 Å². The van der Waals surface area contributed by atoms with Crippen LogP contribution in [-0.4, -0.2) is 30.9 Å². The molecule has 0 atom stereocenters. The average Bonchev–Trinajstić information content (AvgIpc) is 2.72. The Morgan fingerprint density at radius 1 is 1.40 bits per heavy atom. The van der Waals surface area contributed by atoms with Crippen LogP contribution in [0.1, 0.15) is 31.4 Å². The summed E-state index contributed by atoms with van der Waals surface area (Å²) in [5.41, 5.74) is 1.12. The van der Waals surface area contributed by atoms with E-state index < -0.39 is 10.0 Å². The second-order valence-corrected chi connectivity index (χ2v) is 8.44. The maximum absolute atomic E-state index is 12.7. The Hall–Kier alpha value is -0.620. The molecular weight excluding hydrogens is 298 g/mol. The number of aliphatic hydroxyl groups is 1. The minimum atomic E-state index is -3.56. The first-order valence-corrected chi connectivity index (χ1v) is 8.39. The number of hydrogen-bond acceptors (Lipinski definition) is 3. The van der Waals surface area contributed by atoms with E-state index in [9.17, 15) is 13.5 Å². The summed E-state index contributed by atoms with van der Waals surface area (Å²) in [5, 5.41) is 9.64. The average molecular weight is 318 g/mol. The molecule has 1 N–H and O–H groups in total. The van der Waals surface area contributed by atoms with Gasteiger partial charge in [-0.15, -0.1) is 0 Å². The van der Waals surface area contributed by atoms with Crippen molar-refractivity contribution in [3.8, 4) is 0 Å². The van der Waals surface area contributed by atoms with Gasteiger partial charge >= 0.3 is 0 Å². The van der Waals surface area contributed by atoms with Crippen molar-refractivity contribution in [3.63, 3.8) is 0 Å². The Labute approximate surface area is 125 Å². The van der Waals surface area contributed by atoms with Crippen molar-refractivity contribution >= 4 is 21.6 Å². The predicted octanol–water partition coefficient (Wildman–Crippen LogP) is 2.56. The second kappa shape index (κ2) is 5.30. The van der Waals surface area contributed by atoms with Crippen LogP contribution in [0.5, 0.6) is 0 Å². The monoisotopic (exact) mass is 317 g/mol. The lowest BCUT2D eigenvalue weighted by atomic mass is 9.93. The summed E-state index contributed by atoms with van der Waals surface area (Å²) >= 11 is 5.98. The van der Waals surface area contributed by atoms with Crippen molar-refractivity contribution in [1.82, 2.24) is 4.31 Å². The molecule has 0 aromatic heterocycles. The molecule has 6 heteroatoms. The van der Waals surface area contributed by atoms with Gasteiger partial charge in [0.15, 0.2) is 0 Å². The third kappa shape index (κ3) is 2.86. The summed E-state index contributed by atoms with van der Waals surface area (Å²) in [6.07, 6.45) is 0.846. The van der Waals surface area contributed by atoms with Gasteiger partial charge in [0.05, 0.1) is 11.5 Å². The van der Waals surface area contributed by atoms with Gasteiger partial charge in [-0.05, 0) is 42.0 Å². The van der Waals surface area contributed by atoms with Gasteiger partial charge in [0, 0.05) is 18.1 Å². The fourth-order valence-electron chi connectivity index (χ4n) is 2.55. The first-order valence-electron chi connectivity index (χ1n) is 6.57. The standard InChI is InChI=1S/C14H20ClNO3S/c1-10-11(8-17)6-12(15)7-13(10)20(18,19)16-5-4-14(2,3)9-16/h6-7,17H,4-5,8-9H2,1-3H3. The number of nitrogens with zero attached hydrogens (tertiary/aromatic N) is 1. The molecule has 0 aliphatic carbocycles. The highest BCUT2D eigenvalue weighted by Crippen LogP contribution is 2.34. The molecule has 0 unspecified atom stereocenters. The highest BCUT2D eigenvalue weighted by atomic mass is 35.5. The Morgan fingerprint density at radius 2 is 2.05 bits per heavy atom. The molecule has 2 rings (SSSR count). The van der Waals surface area contributed by atoms with E-state index in [1.54, 1.807) is 13.0 Å². The first-order chi connectivity index (χ1) is 9.17. The molecule has 1 heterocycles. The van der Waals surface area contributed by atoms with Crippen molar-refractivity contribution in [2.75, 3.05) is 13.1 Å². The third-order valence-corrected chi connectivity index (χ3v) is 6.05.